The molecule has 2 aromatic heterocycles. The molecule has 0 saturated heterocycles. The highest BCUT2D eigenvalue weighted by molar-refractivity contribution is 6.28. The Kier molecular flexibility index (Phi) is 3.40. The van der Waals surface area contributed by atoms with Crippen molar-refractivity contribution in [1.29, 1.82) is 0 Å². The molecule has 0 aliphatic rings. The van der Waals surface area contributed by atoms with E-state index in [2.05, 4.69) is 15.3 Å². The zero-order chi connectivity index (χ0) is 15.0. The smallest absolute Gasteiger partial charge is 0.314 e. The number of benzene rings is 1. The molecule has 0 bridgehead atoms. The lowest BCUT2D eigenvalue weighted by Gasteiger charge is -2.14. The minimum absolute atomic E-state index is 0.211. The van der Waals surface area contributed by atoms with Crippen LogP contribution in [-0.4, -0.2) is 17.0 Å². The summed E-state index contributed by atoms with van der Waals surface area (Å²) in [6.07, 6.45) is 0. The average molecular weight is 306 g/mol. The van der Waals surface area contributed by atoms with E-state index in [0.29, 0.717) is 22.0 Å². The lowest BCUT2D eigenvalue weighted by molar-refractivity contribution is 0.465. The molecule has 7 heteroatoms. The number of rotatable bonds is 3. The number of fused-ring (bicyclic) bond motifs is 1. The summed E-state index contributed by atoms with van der Waals surface area (Å²) in [5, 5.41) is 3.43. The van der Waals surface area contributed by atoms with Crippen LogP contribution in [0.1, 0.15) is 17.4 Å². The molecule has 0 aliphatic heterocycles. The summed E-state index contributed by atoms with van der Waals surface area (Å²) < 4.78 is 5.42. The molecule has 0 spiro atoms. The van der Waals surface area contributed by atoms with Crippen molar-refractivity contribution in [2.75, 3.05) is 7.05 Å². The van der Waals surface area contributed by atoms with Crippen molar-refractivity contribution in [2.45, 2.75) is 6.04 Å². The molecule has 3 N–H and O–H groups in total. The second kappa shape index (κ2) is 5.23. The Morgan fingerprint density at radius 2 is 1.81 bits per heavy atom. The normalized spacial score (nSPS) is 12.7. The van der Waals surface area contributed by atoms with Gasteiger partial charge < -0.3 is 19.7 Å². The van der Waals surface area contributed by atoms with Gasteiger partial charge in [-0.25, -0.2) is 0 Å². The molecule has 1 aromatic carbocycles. The van der Waals surface area contributed by atoms with Gasteiger partial charge in [-0.3, -0.25) is 9.59 Å². The zero-order valence-electron chi connectivity index (χ0n) is 11.1. The van der Waals surface area contributed by atoms with E-state index in [4.69, 9.17) is 16.0 Å². The standard InChI is InChI=1S/C14H12ClN3O3/c1-16-12(10-4-5-11(15)21-10)7-2-3-8-9(6-7)18-14(20)13(19)17-8/h2-6,12,16H,1H3,(H,17,19)(H,18,20). The first kappa shape index (κ1) is 13.7. The molecule has 1 unspecified atom stereocenters. The molecule has 6 nitrogen and oxygen atoms in total. The first-order chi connectivity index (χ1) is 10.1. The number of aromatic nitrogens is 2. The van der Waals surface area contributed by atoms with Crippen LogP contribution in [0.25, 0.3) is 11.0 Å². The molecule has 2 heterocycles. The molecule has 0 fully saturated rings. The van der Waals surface area contributed by atoms with Crippen LogP contribution in [-0.2, 0) is 0 Å². The van der Waals surface area contributed by atoms with Gasteiger partial charge in [0.1, 0.15) is 5.76 Å². The van der Waals surface area contributed by atoms with E-state index in [1.54, 1.807) is 31.3 Å². The fraction of sp³-hybridized carbons (Fsp3) is 0.143. The third-order valence-corrected chi connectivity index (χ3v) is 3.45. The predicted molar refractivity (Wildman–Crippen MR) is 79.8 cm³/mol. The number of hydrogen-bond donors (Lipinski definition) is 3. The number of furan rings is 1. The van der Waals surface area contributed by atoms with E-state index in [1.165, 1.54) is 0 Å². The van der Waals surface area contributed by atoms with Crippen molar-refractivity contribution < 1.29 is 4.42 Å². The third kappa shape index (κ3) is 2.51. The van der Waals surface area contributed by atoms with Crippen LogP contribution in [0.3, 0.4) is 0 Å². The Bertz CT molecular complexity index is 909. The van der Waals surface area contributed by atoms with Crippen LogP contribution >= 0.6 is 11.6 Å². The van der Waals surface area contributed by atoms with Crippen LogP contribution in [0.4, 0.5) is 0 Å². The number of halogens is 1. The van der Waals surface area contributed by atoms with Gasteiger partial charge in [0.15, 0.2) is 5.22 Å². The Balaban J connectivity index is 2.13. The Morgan fingerprint density at radius 3 is 2.43 bits per heavy atom. The van der Waals surface area contributed by atoms with Crippen molar-refractivity contribution in [3.63, 3.8) is 0 Å². The van der Waals surface area contributed by atoms with Crippen molar-refractivity contribution in [3.8, 4) is 0 Å². The van der Waals surface area contributed by atoms with Gasteiger partial charge in [-0.05, 0) is 48.5 Å². The fourth-order valence-electron chi connectivity index (χ4n) is 2.27. The van der Waals surface area contributed by atoms with Gasteiger partial charge in [0.05, 0.1) is 17.1 Å². The minimum Gasteiger partial charge on any atom is -0.448 e. The van der Waals surface area contributed by atoms with Gasteiger partial charge in [-0.15, -0.1) is 0 Å². The Morgan fingerprint density at radius 1 is 1.10 bits per heavy atom. The summed E-state index contributed by atoms with van der Waals surface area (Å²) in [6, 6.07) is 8.60. The van der Waals surface area contributed by atoms with Crippen LogP contribution in [0.2, 0.25) is 5.22 Å². The van der Waals surface area contributed by atoms with Crippen LogP contribution in [0.5, 0.6) is 0 Å². The van der Waals surface area contributed by atoms with Gasteiger partial charge in [-0.2, -0.15) is 0 Å². The minimum atomic E-state index is -0.679. The van der Waals surface area contributed by atoms with Crippen molar-refractivity contribution in [1.82, 2.24) is 15.3 Å². The van der Waals surface area contributed by atoms with Gasteiger partial charge in [0.25, 0.3) is 0 Å². The molecule has 0 radical (unpaired) electrons. The van der Waals surface area contributed by atoms with E-state index in [1.807, 2.05) is 6.07 Å². The molecular weight excluding hydrogens is 294 g/mol. The highest BCUT2D eigenvalue weighted by Crippen LogP contribution is 2.26. The summed E-state index contributed by atoms with van der Waals surface area (Å²) in [4.78, 5) is 27.8. The second-order valence-corrected chi connectivity index (χ2v) is 4.95. The van der Waals surface area contributed by atoms with Crippen LogP contribution < -0.4 is 16.4 Å². The summed E-state index contributed by atoms with van der Waals surface area (Å²) >= 11 is 5.80. The molecule has 108 valence electrons. The molecule has 3 rings (SSSR count). The molecule has 1 atom stereocenters. The van der Waals surface area contributed by atoms with E-state index in [-0.39, 0.29) is 6.04 Å². The lowest BCUT2D eigenvalue weighted by Crippen LogP contribution is -2.29. The fourth-order valence-corrected chi connectivity index (χ4v) is 2.42. The first-order valence-electron chi connectivity index (χ1n) is 6.27. The van der Waals surface area contributed by atoms with Crippen LogP contribution in [0.15, 0.2) is 44.3 Å². The second-order valence-electron chi connectivity index (χ2n) is 4.58. The molecule has 0 aliphatic carbocycles. The highest BCUT2D eigenvalue weighted by atomic mass is 35.5. The predicted octanol–water partition coefficient (Wildman–Crippen LogP) is 1.77. The molecule has 0 saturated carbocycles. The maximum Gasteiger partial charge on any atom is 0.314 e. The van der Waals surface area contributed by atoms with Crippen molar-refractivity contribution in [3.05, 3.63) is 67.6 Å². The zero-order valence-corrected chi connectivity index (χ0v) is 11.8. The summed E-state index contributed by atoms with van der Waals surface area (Å²) in [7, 11) is 1.79. The van der Waals surface area contributed by atoms with Gasteiger partial charge in [0, 0.05) is 0 Å². The van der Waals surface area contributed by atoms with E-state index in [0.717, 1.165) is 5.56 Å². The third-order valence-electron chi connectivity index (χ3n) is 3.25. The van der Waals surface area contributed by atoms with Gasteiger partial charge >= 0.3 is 11.1 Å². The molecular formula is C14H12ClN3O3. The summed E-state index contributed by atoms with van der Waals surface area (Å²) in [5.41, 5.74) is 0.643. The average Bonchev–Trinajstić information content (AvgIpc) is 2.87. The lowest BCUT2D eigenvalue weighted by atomic mass is 10.0. The van der Waals surface area contributed by atoms with Crippen LogP contribution in [0, 0.1) is 0 Å². The number of aromatic amines is 2. The summed E-state index contributed by atoms with van der Waals surface area (Å²) in [6.45, 7) is 0. The monoisotopic (exact) mass is 305 g/mol. The maximum absolute atomic E-state index is 11.4. The van der Waals surface area contributed by atoms with E-state index in [9.17, 15) is 9.59 Å². The Hall–Kier alpha value is -2.31. The number of H-pyrrole nitrogens is 2. The first-order valence-corrected chi connectivity index (χ1v) is 6.65. The van der Waals surface area contributed by atoms with E-state index < -0.39 is 11.1 Å². The largest absolute Gasteiger partial charge is 0.448 e. The quantitative estimate of drug-likeness (QED) is 0.643. The van der Waals surface area contributed by atoms with Crippen molar-refractivity contribution in [2.24, 2.45) is 0 Å². The molecule has 3 aromatic rings. The van der Waals surface area contributed by atoms with Gasteiger partial charge in [-0.1, -0.05) is 6.07 Å². The van der Waals surface area contributed by atoms with Crippen molar-refractivity contribution >= 4 is 22.6 Å². The Labute approximate surface area is 123 Å². The highest BCUT2D eigenvalue weighted by Gasteiger charge is 2.16. The summed E-state index contributed by atoms with van der Waals surface area (Å²) in [5.74, 6) is 0.661. The number of hydrogen-bond acceptors (Lipinski definition) is 4. The number of nitrogens with one attached hydrogen (secondary N) is 3. The molecule has 21 heavy (non-hydrogen) atoms. The SMILES string of the molecule is CNC(c1ccc2[nH]c(=O)c(=O)[nH]c2c1)c1ccc(Cl)o1. The molecule has 0 amide bonds. The van der Waals surface area contributed by atoms with E-state index >= 15 is 0 Å². The maximum atomic E-state index is 11.4. The topological polar surface area (TPSA) is 90.9 Å². The van der Waals surface area contributed by atoms with Gasteiger partial charge in [0.2, 0.25) is 0 Å².